The van der Waals surface area contributed by atoms with Gasteiger partial charge in [-0.2, -0.15) is 13.2 Å². The second-order valence-corrected chi connectivity index (χ2v) is 12.1. The topological polar surface area (TPSA) is 104 Å². The van der Waals surface area contributed by atoms with Crippen LogP contribution in [0.1, 0.15) is 24.2 Å². The Morgan fingerprint density at radius 3 is 2.47 bits per heavy atom. The lowest BCUT2D eigenvalue weighted by atomic mass is 10.0. The van der Waals surface area contributed by atoms with Crippen molar-refractivity contribution in [2.75, 3.05) is 42.0 Å². The van der Waals surface area contributed by atoms with Gasteiger partial charge in [0.1, 0.15) is 6.54 Å². The number of rotatable bonds is 8. The fourth-order valence-electron chi connectivity index (χ4n) is 4.96. The lowest BCUT2D eigenvalue weighted by Gasteiger charge is -2.30. The third-order valence-corrected chi connectivity index (χ3v) is 8.59. The van der Waals surface area contributed by atoms with Crippen LogP contribution < -0.4 is 15.4 Å². The number of aromatic nitrogens is 3. The molecule has 1 fully saturated rings. The number of fused-ring (bicyclic) bond motifs is 1. The van der Waals surface area contributed by atoms with E-state index >= 15 is 0 Å². The van der Waals surface area contributed by atoms with Crippen molar-refractivity contribution < 1.29 is 21.6 Å². The molecule has 3 heterocycles. The minimum Gasteiger partial charge on any atom is -0.382 e. The Kier molecular flexibility index (Phi) is 8.79. The molecule has 5 rings (SSSR count). The number of nitrogens with zero attached hydrogens (tertiary/aromatic N) is 4. The summed E-state index contributed by atoms with van der Waals surface area (Å²) in [5.41, 5.74) is 2.58. The quantitative estimate of drug-likeness (QED) is 0.239. The molecule has 13 heteroatoms. The van der Waals surface area contributed by atoms with Crippen LogP contribution in [0.5, 0.6) is 0 Å². The molecule has 0 amide bonds. The molecule has 0 aliphatic carbocycles. The van der Waals surface area contributed by atoms with E-state index in [2.05, 4.69) is 49.1 Å². The van der Waals surface area contributed by atoms with Gasteiger partial charge in [0.05, 0.1) is 28.3 Å². The molecule has 43 heavy (non-hydrogen) atoms. The van der Waals surface area contributed by atoms with Gasteiger partial charge in [-0.25, -0.2) is 13.4 Å². The van der Waals surface area contributed by atoms with E-state index in [1.165, 1.54) is 29.1 Å². The molecule has 1 aliphatic rings. The van der Waals surface area contributed by atoms with Crippen LogP contribution >= 0.6 is 0 Å². The molecule has 0 bridgehead atoms. The van der Waals surface area contributed by atoms with Crippen molar-refractivity contribution in [2.45, 2.75) is 43.4 Å². The smallest absolute Gasteiger partial charge is 0.382 e. The number of anilines is 3. The summed E-state index contributed by atoms with van der Waals surface area (Å²) in [6.07, 6.45) is 0.366. The zero-order chi connectivity index (χ0) is 30.6. The van der Waals surface area contributed by atoms with E-state index < -0.39 is 22.7 Å². The summed E-state index contributed by atoms with van der Waals surface area (Å²) >= 11 is 0. The molecule has 1 aliphatic heterocycles. The Morgan fingerprint density at radius 2 is 1.77 bits per heavy atom. The maximum absolute atomic E-state index is 13.5. The molecular formula is C30H32F3N7O2S. The van der Waals surface area contributed by atoms with Gasteiger partial charge >= 0.3 is 6.18 Å². The van der Waals surface area contributed by atoms with Gasteiger partial charge in [-0.3, -0.25) is 9.71 Å². The summed E-state index contributed by atoms with van der Waals surface area (Å²) in [6.45, 7) is 2.56. The van der Waals surface area contributed by atoms with Crippen LogP contribution in [-0.2, 0) is 16.6 Å². The van der Waals surface area contributed by atoms with E-state index in [4.69, 9.17) is 0 Å². The first-order valence-corrected chi connectivity index (χ1v) is 15.2. The van der Waals surface area contributed by atoms with Crippen LogP contribution in [0.4, 0.5) is 30.4 Å². The number of alkyl halides is 3. The zero-order valence-corrected chi connectivity index (χ0v) is 24.6. The predicted molar refractivity (Wildman–Crippen MR) is 162 cm³/mol. The van der Waals surface area contributed by atoms with E-state index in [0.717, 1.165) is 31.6 Å². The first-order chi connectivity index (χ1) is 20.5. The summed E-state index contributed by atoms with van der Waals surface area (Å²) in [4.78, 5) is 10.3. The molecule has 2 aromatic carbocycles. The molecule has 9 nitrogen and oxygen atoms in total. The van der Waals surface area contributed by atoms with E-state index in [0.29, 0.717) is 22.3 Å². The van der Waals surface area contributed by atoms with E-state index in [1.807, 2.05) is 6.07 Å². The van der Waals surface area contributed by atoms with Crippen LogP contribution in [-0.4, -0.2) is 66.8 Å². The standard InChI is InChI=1S/C30H32F3N7O2S/c1-21-29(36-16-15-34-21)38-43(41,42)25-10-8-22(9-11-25)35-14-4-5-24-19-26-27(37-23-12-17-39(2)18-13-23)6-3-7-28(26)40(24)20-30(31,32)33/h3,6-11,15-16,19,23,35,37H,12-14,17-18,20H2,1-2H3,(H,36,38). The molecule has 0 saturated carbocycles. The van der Waals surface area contributed by atoms with Crippen molar-refractivity contribution >= 4 is 38.1 Å². The zero-order valence-electron chi connectivity index (χ0n) is 23.7. The molecule has 0 atom stereocenters. The van der Waals surface area contributed by atoms with Crippen molar-refractivity contribution in [3.8, 4) is 11.8 Å². The van der Waals surface area contributed by atoms with Crippen LogP contribution in [0.3, 0.4) is 0 Å². The van der Waals surface area contributed by atoms with Crippen molar-refractivity contribution in [3.05, 3.63) is 72.3 Å². The lowest BCUT2D eigenvalue weighted by molar-refractivity contribution is -0.140. The van der Waals surface area contributed by atoms with Crippen molar-refractivity contribution in [2.24, 2.45) is 0 Å². The van der Waals surface area contributed by atoms with Gasteiger partial charge in [0.25, 0.3) is 10.0 Å². The van der Waals surface area contributed by atoms with Gasteiger partial charge in [0.15, 0.2) is 5.82 Å². The van der Waals surface area contributed by atoms with Crippen LogP contribution in [0.15, 0.2) is 65.8 Å². The number of piperidine rings is 1. The van der Waals surface area contributed by atoms with Gasteiger partial charge in [-0.05, 0) is 88.3 Å². The molecule has 0 spiro atoms. The molecule has 1 saturated heterocycles. The number of nitrogens with one attached hydrogen (secondary N) is 3. The van der Waals surface area contributed by atoms with Gasteiger partial charge in [-0.15, -0.1) is 0 Å². The number of sulfonamides is 1. The monoisotopic (exact) mass is 611 g/mol. The number of hydrogen-bond donors (Lipinski definition) is 3. The fraction of sp³-hybridized carbons (Fsp3) is 0.333. The second-order valence-electron chi connectivity index (χ2n) is 10.5. The lowest BCUT2D eigenvalue weighted by Crippen LogP contribution is -2.36. The summed E-state index contributed by atoms with van der Waals surface area (Å²) in [5, 5.41) is 7.30. The first-order valence-electron chi connectivity index (χ1n) is 13.8. The maximum atomic E-state index is 13.5. The average molecular weight is 612 g/mol. The van der Waals surface area contributed by atoms with E-state index in [-0.39, 0.29) is 29.0 Å². The average Bonchev–Trinajstić information content (AvgIpc) is 3.30. The highest BCUT2D eigenvalue weighted by atomic mass is 32.2. The minimum atomic E-state index is -4.42. The van der Waals surface area contributed by atoms with Crippen molar-refractivity contribution in [1.29, 1.82) is 0 Å². The van der Waals surface area contributed by atoms with Crippen molar-refractivity contribution in [3.63, 3.8) is 0 Å². The van der Waals surface area contributed by atoms with Crippen molar-refractivity contribution in [1.82, 2.24) is 19.4 Å². The molecule has 3 N–H and O–H groups in total. The fourth-order valence-corrected chi connectivity index (χ4v) is 6.03. The Morgan fingerprint density at radius 1 is 1.05 bits per heavy atom. The SMILES string of the molecule is Cc1nccnc1NS(=O)(=O)c1ccc(NCC#Cc2cc3c(NC4CCN(C)CC4)cccc3n2CC(F)(F)F)cc1. The highest BCUT2D eigenvalue weighted by Crippen LogP contribution is 2.31. The third kappa shape index (κ3) is 7.57. The van der Waals surface area contributed by atoms with Gasteiger partial charge < -0.3 is 20.1 Å². The predicted octanol–water partition coefficient (Wildman–Crippen LogP) is 5.07. The van der Waals surface area contributed by atoms with Crippen LogP contribution in [0.25, 0.3) is 10.9 Å². The highest BCUT2D eigenvalue weighted by Gasteiger charge is 2.30. The summed E-state index contributed by atoms with van der Waals surface area (Å²) in [6, 6.07) is 13.3. The Hall–Kier alpha value is -4.28. The molecule has 4 aromatic rings. The number of halogens is 3. The number of likely N-dealkylation sites (tertiary alicyclic amines) is 1. The summed E-state index contributed by atoms with van der Waals surface area (Å²) in [7, 11) is -1.79. The molecular weight excluding hydrogens is 579 g/mol. The normalized spacial score (nSPS) is 14.7. The molecule has 0 unspecified atom stereocenters. The van der Waals surface area contributed by atoms with E-state index in [9.17, 15) is 21.6 Å². The molecule has 0 radical (unpaired) electrons. The first kappa shape index (κ1) is 30.2. The summed E-state index contributed by atoms with van der Waals surface area (Å²) in [5.74, 6) is 5.95. The molecule has 226 valence electrons. The van der Waals surface area contributed by atoms with Gasteiger partial charge in [0.2, 0.25) is 0 Å². The number of hydrogen-bond acceptors (Lipinski definition) is 7. The maximum Gasteiger partial charge on any atom is 0.406 e. The highest BCUT2D eigenvalue weighted by molar-refractivity contribution is 7.92. The largest absolute Gasteiger partial charge is 0.406 e. The third-order valence-electron chi connectivity index (χ3n) is 7.24. The Labute approximate surface area is 248 Å². The van der Waals surface area contributed by atoms with Crippen LogP contribution in [0, 0.1) is 18.8 Å². The second kappa shape index (κ2) is 12.5. The molecule has 2 aromatic heterocycles. The van der Waals surface area contributed by atoms with Crippen LogP contribution in [0.2, 0.25) is 0 Å². The summed E-state index contributed by atoms with van der Waals surface area (Å²) < 4.78 is 69.7. The van der Waals surface area contributed by atoms with E-state index in [1.54, 1.807) is 37.3 Å². The number of benzene rings is 2. The van der Waals surface area contributed by atoms with Gasteiger partial charge in [-0.1, -0.05) is 12.0 Å². The Bertz CT molecular complexity index is 1750. The number of aryl methyl sites for hydroxylation is 1. The minimum absolute atomic E-state index is 0.0375. The van der Waals surface area contributed by atoms with Gasteiger partial charge in [0, 0.05) is 35.2 Å². The Balaban J connectivity index is 1.30.